The third-order valence-electron chi connectivity index (χ3n) is 2.88. The molecule has 3 heteroatoms. The van der Waals surface area contributed by atoms with E-state index < -0.39 is 0 Å². The van der Waals surface area contributed by atoms with Gasteiger partial charge in [-0.05, 0) is 52.1 Å². The Morgan fingerprint density at radius 3 is 2.67 bits per heavy atom. The number of nitrogens with zero attached hydrogens (tertiary/aromatic N) is 2. The van der Waals surface area contributed by atoms with Crippen LogP contribution >= 0.6 is 22.6 Å². The minimum Gasteiger partial charge on any atom is -0.272 e. The van der Waals surface area contributed by atoms with Crippen LogP contribution in [0.4, 0.5) is 0 Å². The van der Waals surface area contributed by atoms with Gasteiger partial charge in [-0.1, -0.05) is 32.9 Å². The molecule has 0 N–H and O–H groups in total. The average Bonchev–Trinajstić information content (AvgIpc) is 2.74. The Morgan fingerprint density at radius 2 is 2.00 bits per heavy atom. The highest BCUT2D eigenvalue weighted by Crippen LogP contribution is 2.22. The summed E-state index contributed by atoms with van der Waals surface area (Å²) in [5, 5.41) is 4.44. The standard InChI is InChI=1S/C15H19IN2/c1-15(2,3)7-8-18-11-13(10-17-18)12-5-4-6-14(16)9-12/h4-6,9-11H,7-8H2,1-3H3. The molecule has 0 aliphatic heterocycles. The van der Waals surface area contributed by atoms with Gasteiger partial charge in [-0.25, -0.2) is 0 Å². The van der Waals surface area contributed by atoms with Crippen LogP contribution in [0.1, 0.15) is 27.2 Å². The van der Waals surface area contributed by atoms with Gasteiger partial charge < -0.3 is 0 Å². The molecule has 1 aromatic carbocycles. The minimum absolute atomic E-state index is 0.355. The first kappa shape index (κ1) is 13.6. The van der Waals surface area contributed by atoms with E-state index in [0.717, 1.165) is 13.0 Å². The second-order valence-electron chi connectivity index (χ2n) is 5.81. The van der Waals surface area contributed by atoms with Crippen LogP contribution in [0, 0.1) is 8.99 Å². The van der Waals surface area contributed by atoms with Gasteiger partial charge in [0.05, 0.1) is 6.20 Å². The number of rotatable bonds is 3. The van der Waals surface area contributed by atoms with E-state index in [1.165, 1.54) is 14.7 Å². The predicted molar refractivity (Wildman–Crippen MR) is 84.5 cm³/mol. The van der Waals surface area contributed by atoms with Gasteiger partial charge in [-0.15, -0.1) is 0 Å². The van der Waals surface area contributed by atoms with Crippen LogP contribution in [0.2, 0.25) is 0 Å². The highest BCUT2D eigenvalue weighted by atomic mass is 127. The van der Waals surface area contributed by atoms with Crippen LogP contribution < -0.4 is 0 Å². The van der Waals surface area contributed by atoms with Crippen LogP contribution in [0.15, 0.2) is 36.7 Å². The molecule has 0 atom stereocenters. The van der Waals surface area contributed by atoms with Gasteiger partial charge in [0.15, 0.2) is 0 Å². The fourth-order valence-electron chi connectivity index (χ4n) is 1.75. The zero-order valence-corrected chi connectivity index (χ0v) is 13.3. The first-order valence-corrected chi connectivity index (χ1v) is 7.30. The Balaban J connectivity index is 2.11. The van der Waals surface area contributed by atoms with Gasteiger partial charge >= 0.3 is 0 Å². The van der Waals surface area contributed by atoms with Crippen LogP contribution in [0.5, 0.6) is 0 Å². The number of benzene rings is 1. The number of aromatic nitrogens is 2. The zero-order valence-electron chi connectivity index (χ0n) is 11.2. The SMILES string of the molecule is CC(C)(C)CCn1cc(-c2cccc(I)c2)cn1. The van der Waals surface area contributed by atoms with Crippen molar-refractivity contribution < 1.29 is 0 Å². The van der Waals surface area contributed by atoms with Gasteiger partial charge in [0.2, 0.25) is 0 Å². The van der Waals surface area contributed by atoms with Crippen LogP contribution in [0.3, 0.4) is 0 Å². The van der Waals surface area contributed by atoms with Gasteiger partial charge in [-0.3, -0.25) is 4.68 Å². The average molecular weight is 354 g/mol. The van der Waals surface area contributed by atoms with Gasteiger partial charge in [0.1, 0.15) is 0 Å². The van der Waals surface area contributed by atoms with Crippen molar-refractivity contribution in [1.82, 2.24) is 9.78 Å². The molecular weight excluding hydrogens is 335 g/mol. The van der Waals surface area contributed by atoms with Crippen molar-refractivity contribution >= 4 is 22.6 Å². The van der Waals surface area contributed by atoms with Crippen molar-refractivity contribution in [2.24, 2.45) is 5.41 Å². The number of hydrogen-bond acceptors (Lipinski definition) is 1. The van der Waals surface area contributed by atoms with Crippen molar-refractivity contribution in [2.75, 3.05) is 0 Å². The maximum Gasteiger partial charge on any atom is 0.0568 e. The lowest BCUT2D eigenvalue weighted by atomic mass is 9.92. The fraction of sp³-hybridized carbons (Fsp3) is 0.400. The highest BCUT2D eigenvalue weighted by molar-refractivity contribution is 14.1. The summed E-state index contributed by atoms with van der Waals surface area (Å²) in [5.41, 5.74) is 2.79. The summed E-state index contributed by atoms with van der Waals surface area (Å²) < 4.78 is 3.30. The quantitative estimate of drug-likeness (QED) is 0.737. The molecule has 2 nitrogen and oxygen atoms in total. The Labute approximate surface area is 123 Å². The minimum atomic E-state index is 0.355. The largest absolute Gasteiger partial charge is 0.272 e. The highest BCUT2D eigenvalue weighted by Gasteiger charge is 2.10. The summed E-state index contributed by atoms with van der Waals surface area (Å²) in [6.07, 6.45) is 5.23. The zero-order chi connectivity index (χ0) is 13.2. The first-order valence-electron chi connectivity index (χ1n) is 6.22. The second kappa shape index (κ2) is 5.43. The molecule has 0 aliphatic carbocycles. The Kier molecular flexibility index (Phi) is 4.10. The summed E-state index contributed by atoms with van der Waals surface area (Å²) in [6.45, 7) is 7.76. The van der Waals surface area contributed by atoms with Crippen molar-refractivity contribution in [1.29, 1.82) is 0 Å². The molecule has 0 aliphatic rings. The number of hydrogen-bond donors (Lipinski definition) is 0. The third-order valence-corrected chi connectivity index (χ3v) is 3.55. The predicted octanol–water partition coefficient (Wildman–Crippen LogP) is 4.59. The van der Waals surface area contributed by atoms with Gasteiger partial charge in [0.25, 0.3) is 0 Å². The molecule has 0 radical (unpaired) electrons. The smallest absolute Gasteiger partial charge is 0.0568 e. The first-order chi connectivity index (χ1) is 8.44. The molecule has 1 aromatic heterocycles. The maximum atomic E-state index is 4.44. The lowest BCUT2D eigenvalue weighted by molar-refractivity contribution is 0.341. The molecule has 1 heterocycles. The van der Waals surface area contributed by atoms with Crippen molar-refractivity contribution in [3.05, 3.63) is 40.2 Å². The van der Waals surface area contributed by atoms with Crippen LogP contribution in [-0.4, -0.2) is 9.78 Å². The Morgan fingerprint density at radius 1 is 1.22 bits per heavy atom. The molecule has 0 saturated carbocycles. The molecule has 0 fully saturated rings. The summed E-state index contributed by atoms with van der Waals surface area (Å²) in [5.74, 6) is 0. The summed E-state index contributed by atoms with van der Waals surface area (Å²) in [6, 6.07) is 8.51. The van der Waals surface area contributed by atoms with Gasteiger partial charge in [0, 0.05) is 21.9 Å². The van der Waals surface area contributed by atoms with Gasteiger partial charge in [-0.2, -0.15) is 5.10 Å². The summed E-state index contributed by atoms with van der Waals surface area (Å²) in [7, 11) is 0. The number of halogens is 1. The third kappa shape index (κ3) is 3.83. The van der Waals surface area contributed by atoms with Crippen molar-refractivity contribution in [2.45, 2.75) is 33.7 Å². The van der Waals surface area contributed by atoms with Crippen LogP contribution in [-0.2, 0) is 6.54 Å². The maximum absolute atomic E-state index is 4.44. The van der Waals surface area contributed by atoms with E-state index >= 15 is 0 Å². The fourth-order valence-corrected chi connectivity index (χ4v) is 2.30. The lowest BCUT2D eigenvalue weighted by Crippen LogP contribution is -2.10. The van der Waals surface area contributed by atoms with E-state index in [9.17, 15) is 0 Å². The van der Waals surface area contributed by atoms with Crippen LogP contribution in [0.25, 0.3) is 11.1 Å². The summed E-state index contributed by atoms with van der Waals surface area (Å²) >= 11 is 2.34. The van der Waals surface area contributed by atoms with E-state index in [1.807, 2.05) is 10.9 Å². The van der Waals surface area contributed by atoms with E-state index in [-0.39, 0.29) is 0 Å². The Bertz CT molecular complexity index is 523. The molecule has 0 spiro atoms. The summed E-state index contributed by atoms with van der Waals surface area (Å²) in [4.78, 5) is 0. The lowest BCUT2D eigenvalue weighted by Gasteiger charge is -2.17. The molecule has 0 bridgehead atoms. The number of aryl methyl sites for hydroxylation is 1. The van der Waals surface area contributed by atoms with E-state index in [4.69, 9.17) is 0 Å². The monoisotopic (exact) mass is 354 g/mol. The molecule has 18 heavy (non-hydrogen) atoms. The second-order valence-corrected chi connectivity index (χ2v) is 7.06. The molecule has 0 amide bonds. The topological polar surface area (TPSA) is 17.8 Å². The van der Waals surface area contributed by atoms with Crippen molar-refractivity contribution in [3.8, 4) is 11.1 Å². The van der Waals surface area contributed by atoms with E-state index in [0.29, 0.717) is 5.41 Å². The Hall–Kier alpha value is -0.840. The molecule has 2 aromatic rings. The van der Waals surface area contributed by atoms with Crippen molar-refractivity contribution in [3.63, 3.8) is 0 Å². The molecule has 0 unspecified atom stereocenters. The normalized spacial score (nSPS) is 11.8. The molecule has 0 saturated heterocycles. The molecule has 2 rings (SSSR count). The van der Waals surface area contributed by atoms with E-state index in [2.05, 4.69) is 78.9 Å². The molecule has 96 valence electrons. The van der Waals surface area contributed by atoms with E-state index in [1.54, 1.807) is 0 Å². The molecular formula is C15H19IN2.